The molecule has 18 heavy (non-hydrogen) atoms. The third-order valence-electron chi connectivity index (χ3n) is 2.28. The zero-order chi connectivity index (χ0) is 13.0. The van der Waals surface area contributed by atoms with Gasteiger partial charge in [0.1, 0.15) is 5.15 Å². The molecule has 4 heteroatoms. The standard InChI is InChI=1S/C14H9ClN2O/c1-2-10-4-3-5-12(8-10)17-14(18)11-6-7-13(15)16-9-11/h1,3-9H,(H,17,18). The Balaban J connectivity index is 2.16. The molecule has 0 bridgehead atoms. The van der Waals surface area contributed by atoms with Crippen LogP contribution in [0.3, 0.4) is 0 Å². The molecule has 0 saturated carbocycles. The molecule has 1 heterocycles. The molecule has 0 unspecified atom stereocenters. The number of rotatable bonds is 2. The van der Waals surface area contributed by atoms with Crippen molar-refractivity contribution in [2.24, 2.45) is 0 Å². The minimum atomic E-state index is -0.256. The Morgan fingerprint density at radius 3 is 2.83 bits per heavy atom. The van der Waals surface area contributed by atoms with Crippen molar-refractivity contribution in [2.45, 2.75) is 0 Å². The van der Waals surface area contributed by atoms with E-state index in [-0.39, 0.29) is 5.91 Å². The molecule has 2 aromatic rings. The zero-order valence-electron chi connectivity index (χ0n) is 9.35. The molecule has 1 amide bonds. The summed E-state index contributed by atoms with van der Waals surface area (Å²) in [5.74, 6) is 2.25. The number of benzene rings is 1. The maximum atomic E-state index is 11.9. The van der Waals surface area contributed by atoms with E-state index >= 15 is 0 Å². The third kappa shape index (κ3) is 2.88. The second kappa shape index (κ2) is 5.35. The van der Waals surface area contributed by atoms with E-state index < -0.39 is 0 Å². The van der Waals surface area contributed by atoms with Gasteiger partial charge in [-0.15, -0.1) is 6.42 Å². The summed E-state index contributed by atoms with van der Waals surface area (Å²) in [4.78, 5) is 15.7. The summed E-state index contributed by atoms with van der Waals surface area (Å²) < 4.78 is 0. The molecule has 1 aromatic carbocycles. The maximum absolute atomic E-state index is 11.9. The number of amides is 1. The molecule has 0 radical (unpaired) electrons. The Hall–Kier alpha value is -2.31. The largest absolute Gasteiger partial charge is 0.322 e. The fraction of sp³-hybridized carbons (Fsp3) is 0. The molecule has 2 rings (SSSR count). The Kier molecular flexibility index (Phi) is 3.61. The summed E-state index contributed by atoms with van der Waals surface area (Å²) in [7, 11) is 0. The Morgan fingerprint density at radius 1 is 1.33 bits per heavy atom. The van der Waals surface area contributed by atoms with E-state index in [1.54, 1.807) is 36.4 Å². The summed E-state index contributed by atoms with van der Waals surface area (Å²) in [5.41, 5.74) is 1.79. The summed E-state index contributed by atoms with van der Waals surface area (Å²) in [6.45, 7) is 0. The van der Waals surface area contributed by atoms with Gasteiger partial charge in [-0.2, -0.15) is 0 Å². The molecule has 0 atom stereocenters. The van der Waals surface area contributed by atoms with Crippen LogP contribution in [0.1, 0.15) is 15.9 Å². The number of pyridine rings is 1. The smallest absolute Gasteiger partial charge is 0.257 e. The summed E-state index contributed by atoms with van der Waals surface area (Å²) in [6, 6.07) is 10.2. The predicted octanol–water partition coefficient (Wildman–Crippen LogP) is 2.97. The SMILES string of the molecule is C#Cc1cccc(NC(=O)c2ccc(Cl)nc2)c1. The normalized spacial score (nSPS) is 9.56. The van der Waals surface area contributed by atoms with E-state index in [9.17, 15) is 4.79 Å². The highest BCUT2D eigenvalue weighted by atomic mass is 35.5. The van der Waals surface area contributed by atoms with Crippen molar-refractivity contribution in [1.29, 1.82) is 0 Å². The van der Waals surface area contributed by atoms with Crippen molar-refractivity contribution in [2.75, 3.05) is 5.32 Å². The van der Waals surface area contributed by atoms with Gasteiger partial charge in [0.15, 0.2) is 0 Å². The van der Waals surface area contributed by atoms with E-state index in [0.29, 0.717) is 22.0 Å². The molecule has 0 aliphatic rings. The van der Waals surface area contributed by atoms with Crippen molar-refractivity contribution in [3.05, 3.63) is 58.9 Å². The number of nitrogens with zero attached hydrogens (tertiary/aromatic N) is 1. The molecular weight excluding hydrogens is 248 g/mol. The molecule has 0 fully saturated rings. The molecule has 0 aliphatic heterocycles. The molecular formula is C14H9ClN2O. The average Bonchev–Trinajstić information content (AvgIpc) is 2.39. The molecule has 3 nitrogen and oxygen atoms in total. The van der Waals surface area contributed by atoms with Crippen LogP contribution < -0.4 is 5.32 Å². The number of nitrogens with one attached hydrogen (secondary N) is 1. The van der Waals surface area contributed by atoms with Crippen LogP contribution in [-0.2, 0) is 0 Å². The van der Waals surface area contributed by atoms with Gasteiger partial charge in [0, 0.05) is 17.4 Å². The highest BCUT2D eigenvalue weighted by Crippen LogP contribution is 2.12. The second-order valence-corrected chi connectivity index (χ2v) is 3.94. The summed E-state index contributed by atoms with van der Waals surface area (Å²) in [6.07, 6.45) is 6.71. The van der Waals surface area contributed by atoms with Crippen LogP contribution in [0.5, 0.6) is 0 Å². The van der Waals surface area contributed by atoms with Crippen LogP contribution in [0.2, 0.25) is 5.15 Å². The second-order valence-electron chi connectivity index (χ2n) is 3.55. The van der Waals surface area contributed by atoms with E-state index in [0.717, 1.165) is 0 Å². The lowest BCUT2D eigenvalue weighted by atomic mass is 10.2. The Morgan fingerprint density at radius 2 is 2.17 bits per heavy atom. The van der Waals surface area contributed by atoms with Gasteiger partial charge < -0.3 is 5.32 Å². The van der Waals surface area contributed by atoms with Crippen molar-refractivity contribution in [3.63, 3.8) is 0 Å². The highest BCUT2D eigenvalue weighted by Gasteiger charge is 2.06. The van der Waals surface area contributed by atoms with Gasteiger partial charge in [-0.05, 0) is 30.3 Å². The third-order valence-corrected chi connectivity index (χ3v) is 2.50. The molecule has 0 spiro atoms. The van der Waals surface area contributed by atoms with Crippen molar-refractivity contribution in [3.8, 4) is 12.3 Å². The van der Waals surface area contributed by atoms with Crippen LogP contribution in [-0.4, -0.2) is 10.9 Å². The predicted molar refractivity (Wildman–Crippen MR) is 71.6 cm³/mol. The first-order valence-corrected chi connectivity index (χ1v) is 5.56. The minimum Gasteiger partial charge on any atom is -0.322 e. The van der Waals surface area contributed by atoms with Gasteiger partial charge in [-0.25, -0.2) is 4.98 Å². The fourth-order valence-electron chi connectivity index (χ4n) is 1.40. The van der Waals surface area contributed by atoms with E-state index in [2.05, 4.69) is 16.2 Å². The van der Waals surface area contributed by atoms with Gasteiger partial charge in [-0.1, -0.05) is 23.6 Å². The average molecular weight is 257 g/mol. The van der Waals surface area contributed by atoms with Gasteiger partial charge in [-0.3, -0.25) is 4.79 Å². The lowest BCUT2D eigenvalue weighted by Gasteiger charge is -2.05. The molecule has 88 valence electrons. The van der Waals surface area contributed by atoms with Crippen LogP contribution in [0.25, 0.3) is 0 Å². The number of terminal acetylenes is 1. The lowest BCUT2D eigenvalue weighted by molar-refractivity contribution is 0.102. The quantitative estimate of drug-likeness (QED) is 0.663. The first kappa shape index (κ1) is 12.2. The van der Waals surface area contributed by atoms with Crippen LogP contribution >= 0.6 is 11.6 Å². The van der Waals surface area contributed by atoms with Gasteiger partial charge >= 0.3 is 0 Å². The first-order chi connectivity index (χ1) is 8.69. The van der Waals surface area contributed by atoms with E-state index in [1.165, 1.54) is 6.20 Å². The number of carbonyl (C=O) groups is 1. The van der Waals surface area contributed by atoms with Crippen LogP contribution in [0.4, 0.5) is 5.69 Å². The summed E-state index contributed by atoms with van der Waals surface area (Å²) >= 11 is 5.65. The van der Waals surface area contributed by atoms with E-state index in [4.69, 9.17) is 18.0 Å². The number of aromatic nitrogens is 1. The van der Waals surface area contributed by atoms with Crippen molar-refractivity contribution in [1.82, 2.24) is 4.98 Å². The lowest BCUT2D eigenvalue weighted by Crippen LogP contribution is -2.12. The molecule has 0 saturated heterocycles. The van der Waals surface area contributed by atoms with Gasteiger partial charge in [0.2, 0.25) is 0 Å². The van der Waals surface area contributed by atoms with Gasteiger partial charge in [0.05, 0.1) is 5.56 Å². The number of hydrogen-bond acceptors (Lipinski definition) is 2. The van der Waals surface area contributed by atoms with Crippen LogP contribution in [0.15, 0.2) is 42.6 Å². The maximum Gasteiger partial charge on any atom is 0.257 e. The van der Waals surface area contributed by atoms with Crippen LogP contribution in [0, 0.1) is 12.3 Å². The van der Waals surface area contributed by atoms with Crippen molar-refractivity contribution < 1.29 is 4.79 Å². The fourth-order valence-corrected chi connectivity index (χ4v) is 1.51. The highest BCUT2D eigenvalue weighted by molar-refractivity contribution is 6.29. The first-order valence-electron chi connectivity index (χ1n) is 5.18. The molecule has 0 aliphatic carbocycles. The van der Waals surface area contributed by atoms with Gasteiger partial charge in [0.25, 0.3) is 5.91 Å². The Bertz CT molecular complexity index is 614. The summed E-state index contributed by atoms with van der Waals surface area (Å²) in [5, 5.41) is 3.08. The number of hydrogen-bond donors (Lipinski definition) is 1. The Labute approximate surface area is 110 Å². The number of halogens is 1. The molecule has 1 N–H and O–H groups in total. The molecule has 1 aromatic heterocycles. The number of anilines is 1. The zero-order valence-corrected chi connectivity index (χ0v) is 10.1. The van der Waals surface area contributed by atoms with E-state index in [1.807, 2.05) is 0 Å². The minimum absolute atomic E-state index is 0.256. The number of carbonyl (C=O) groups excluding carboxylic acids is 1. The topological polar surface area (TPSA) is 42.0 Å². The van der Waals surface area contributed by atoms with Crippen molar-refractivity contribution >= 4 is 23.2 Å². The monoisotopic (exact) mass is 256 g/mol.